The summed E-state index contributed by atoms with van der Waals surface area (Å²) in [5.41, 5.74) is 2.24. The Hall–Kier alpha value is -3.04. The molecule has 142 valence electrons. The van der Waals surface area contributed by atoms with Crippen molar-refractivity contribution in [1.29, 1.82) is 0 Å². The average Bonchev–Trinajstić information content (AvgIpc) is 3.34. The minimum absolute atomic E-state index is 0.0242. The Morgan fingerprint density at radius 1 is 1.33 bits per heavy atom. The highest BCUT2D eigenvalue weighted by atomic mass is 16.4. The summed E-state index contributed by atoms with van der Waals surface area (Å²) in [5.74, 6) is 0.800. The van der Waals surface area contributed by atoms with E-state index in [9.17, 15) is 4.79 Å². The van der Waals surface area contributed by atoms with E-state index in [1.54, 1.807) is 0 Å². The average molecular weight is 370 g/mol. The van der Waals surface area contributed by atoms with Crippen LogP contribution in [0.1, 0.15) is 30.8 Å². The molecule has 4 rings (SSSR count). The van der Waals surface area contributed by atoms with Gasteiger partial charge in [-0.25, -0.2) is 4.98 Å². The zero-order chi connectivity index (χ0) is 18.6. The highest BCUT2D eigenvalue weighted by molar-refractivity contribution is 5.79. The maximum atomic E-state index is 12.4. The number of nitrogens with one attached hydrogen (secondary N) is 2. The third-order valence-electron chi connectivity index (χ3n) is 4.78. The van der Waals surface area contributed by atoms with Gasteiger partial charge in [-0.3, -0.25) is 4.79 Å². The van der Waals surface area contributed by atoms with Crippen molar-refractivity contribution in [3.05, 3.63) is 23.7 Å². The van der Waals surface area contributed by atoms with Crippen LogP contribution < -0.4 is 10.2 Å². The Morgan fingerprint density at radius 3 is 2.96 bits per heavy atom. The highest BCUT2D eigenvalue weighted by Crippen LogP contribution is 2.26. The van der Waals surface area contributed by atoms with Crippen LogP contribution in [0.4, 0.5) is 6.01 Å². The maximum absolute atomic E-state index is 12.4. The van der Waals surface area contributed by atoms with Crippen molar-refractivity contribution >= 4 is 23.2 Å². The number of anilines is 1. The minimum atomic E-state index is 0.0242. The number of aromatic amines is 1. The molecule has 0 aliphatic carbocycles. The van der Waals surface area contributed by atoms with Gasteiger partial charge in [-0.05, 0) is 38.3 Å². The monoisotopic (exact) mass is 370 g/mol. The Morgan fingerprint density at radius 2 is 2.19 bits per heavy atom. The number of tetrazole rings is 1. The van der Waals surface area contributed by atoms with Gasteiger partial charge in [0.15, 0.2) is 11.4 Å². The molecule has 4 heterocycles. The molecule has 1 amide bonds. The summed E-state index contributed by atoms with van der Waals surface area (Å²) >= 11 is 0. The van der Waals surface area contributed by atoms with E-state index in [2.05, 4.69) is 40.8 Å². The van der Waals surface area contributed by atoms with Gasteiger partial charge in [0.2, 0.25) is 11.6 Å². The molecule has 27 heavy (non-hydrogen) atoms. The Kier molecular flexibility index (Phi) is 4.95. The van der Waals surface area contributed by atoms with Gasteiger partial charge in [0, 0.05) is 37.7 Å². The number of nitrogens with zero attached hydrogens (tertiary/aromatic N) is 6. The number of piperidine rings is 1. The first-order valence-corrected chi connectivity index (χ1v) is 9.18. The smallest absolute Gasteiger partial charge is 0.299 e. The van der Waals surface area contributed by atoms with Crippen LogP contribution in [-0.2, 0) is 11.2 Å². The molecule has 0 bridgehead atoms. The van der Waals surface area contributed by atoms with Crippen LogP contribution >= 0.6 is 0 Å². The largest absolute Gasteiger partial charge is 0.422 e. The summed E-state index contributed by atoms with van der Waals surface area (Å²) in [6.45, 7) is 4.03. The van der Waals surface area contributed by atoms with Crippen molar-refractivity contribution in [3.63, 3.8) is 0 Å². The summed E-state index contributed by atoms with van der Waals surface area (Å²) in [7, 11) is 0. The second-order valence-electron chi connectivity index (χ2n) is 6.75. The summed E-state index contributed by atoms with van der Waals surface area (Å²) in [5, 5.41) is 16.7. The number of amides is 1. The minimum Gasteiger partial charge on any atom is -0.422 e. The summed E-state index contributed by atoms with van der Waals surface area (Å²) in [6.07, 6.45) is 3.05. The number of fused-ring (bicyclic) bond motifs is 1. The molecule has 0 aromatic carbocycles. The fraction of sp³-hybridized carbons (Fsp3) is 0.529. The number of rotatable bonds is 6. The summed E-state index contributed by atoms with van der Waals surface area (Å²) in [4.78, 5) is 23.3. The van der Waals surface area contributed by atoms with Crippen LogP contribution in [0.5, 0.6) is 0 Å². The molecule has 0 radical (unpaired) electrons. The first kappa shape index (κ1) is 17.4. The van der Waals surface area contributed by atoms with Crippen LogP contribution in [0.2, 0.25) is 0 Å². The van der Waals surface area contributed by atoms with Crippen molar-refractivity contribution < 1.29 is 9.21 Å². The molecule has 1 saturated heterocycles. The van der Waals surface area contributed by atoms with E-state index in [1.165, 1.54) is 0 Å². The van der Waals surface area contributed by atoms with E-state index in [4.69, 9.17) is 4.42 Å². The summed E-state index contributed by atoms with van der Waals surface area (Å²) < 4.78 is 5.81. The number of H-pyrrole nitrogens is 1. The van der Waals surface area contributed by atoms with Crippen molar-refractivity contribution in [1.82, 2.24) is 35.9 Å². The van der Waals surface area contributed by atoms with Gasteiger partial charge in [-0.2, -0.15) is 10.2 Å². The molecule has 10 nitrogen and oxygen atoms in total. The SMILES string of the molecule is Cc1ccc2oc(N3CCC(C(=O)NCCCc4nn[nH]n4)CC3)nc2n1. The van der Waals surface area contributed by atoms with Crippen LogP contribution in [0.15, 0.2) is 16.5 Å². The van der Waals surface area contributed by atoms with Crippen LogP contribution in [0.25, 0.3) is 11.2 Å². The molecule has 0 saturated carbocycles. The number of hydrogen-bond acceptors (Lipinski definition) is 8. The van der Waals surface area contributed by atoms with E-state index in [1.807, 2.05) is 19.1 Å². The van der Waals surface area contributed by atoms with E-state index < -0.39 is 0 Å². The standard InChI is InChI=1S/C17H22N8O2/c1-11-4-5-13-15(19-11)20-17(27-13)25-9-6-12(7-10-25)16(26)18-8-2-3-14-21-23-24-22-14/h4-5,12H,2-3,6-10H2,1H3,(H,18,26)(H,21,22,23,24). The van der Waals surface area contributed by atoms with E-state index in [0.29, 0.717) is 36.0 Å². The van der Waals surface area contributed by atoms with Gasteiger partial charge in [-0.15, -0.1) is 10.2 Å². The van der Waals surface area contributed by atoms with Crippen molar-refractivity contribution in [2.24, 2.45) is 5.92 Å². The normalized spacial score (nSPS) is 15.4. The number of aromatic nitrogens is 6. The summed E-state index contributed by atoms with van der Waals surface area (Å²) in [6, 6.07) is 4.39. The number of aryl methyl sites for hydroxylation is 2. The van der Waals surface area contributed by atoms with Gasteiger partial charge in [-0.1, -0.05) is 5.21 Å². The predicted molar refractivity (Wildman–Crippen MR) is 97.0 cm³/mol. The molecular formula is C17H22N8O2. The van der Waals surface area contributed by atoms with Gasteiger partial charge < -0.3 is 14.6 Å². The molecule has 0 spiro atoms. The molecule has 0 unspecified atom stereocenters. The lowest BCUT2D eigenvalue weighted by molar-refractivity contribution is -0.125. The third-order valence-corrected chi connectivity index (χ3v) is 4.78. The molecule has 2 N–H and O–H groups in total. The van der Waals surface area contributed by atoms with Crippen LogP contribution in [0, 0.1) is 12.8 Å². The Bertz CT molecular complexity index is 899. The van der Waals surface area contributed by atoms with Crippen molar-refractivity contribution in [2.45, 2.75) is 32.6 Å². The topological polar surface area (TPSA) is 126 Å². The lowest BCUT2D eigenvalue weighted by Crippen LogP contribution is -2.41. The molecule has 1 aliphatic heterocycles. The maximum Gasteiger partial charge on any atom is 0.299 e. The molecule has 1 fully saturated rings. The lowest BCUT2D eigenvalue weighted by Gasteiger charge is -2.30. The van der Waals surface area contributed by atoms with Crippen molar-refractivity contribution in [2.75, 3.05) is 24.5 Å². The fourth-order valence-electron chi connectivity index (χ4n) is 3.26. The first-order chi connectivity index (χ1) is 13.2. The molecule has 1 aliphatic rings. The number of pyridine rings is 1. The highest BCUT2D eigenvalue weighted by Gasteiger charge is 2.27. The van der Waals surface area contributed by atoms with E-state index in [-0.39, 0.29) is 11.8 Å². The number of carbonyl (C=O) groups excluding carboxylic acids is 1. The van der Waals surface area contributed by atoms with Crippen LogP contribution in [0.3, 0.4) is 0 Å². The van der Waals surface area contributed by atoms with Gasteiger partial charge in [0.25, 0.3) is 6.01 Å². The molecule has 0 atom stereocenters. The Labute approximate surface area is 155 Å². The van der Waals surface area contributed by atoms with Crippen molar-refractivity contribution in [3.8, 4) is 0 Å². The number of hydrogen-bond donors (Lipinski definition) is 2. The second-order valence-corrected chi connectivity index (χ2v) is 6.75. The Balaban J connectivity index is 1.24. The molecular weight excluding hydrogens is 348 g/mol. The fourth-order valence-corrected chi connectivity index (χ4v) is 3.26. The quantitative estimate of drug-likeness (QED) is 0.616. The van der Waals surface area contributed by atoms with Gasteiger partial charge >= 0.3 is 0 Å². The van der Waals surface area contributed by atoms with Gasteiger partial charge in [0.05, 0.1) is 0 Å². The molecule has 3 aromatic heterocycles. The number of oxazole rings is 1. The first-order valence-electron chi connectivity index (χ1n) is 9.18. The van der Waals surface area contributed by atoms with E-state index in [0.717, 1.165) is 38.0 Å². The van der Waals surface area contributed by atoms with Gasteiger partial charge in [0.1, 0.15) is 0 Å². The molecule has 10 heteroatoms. The number of carbonyl (C=O) groups is 1. The second kappa shape index (κ2) is 7.68. The predicted octanol–water partition coefficient (Wildman–Crippen LogP) is 1.01. The van der Waals surface area contributed by atoms with Crippen LogP contribution in [-0.4, -0.2) is 56.1 Å². The zero-order valence-corrected chi connectivity index (χ0v) is 15.2. The molecule has 3 aromatic rings. The third kappa shape index (κ3) is 4.04. The van der Waals surface area contributed by atoms with E-state index >= 15 is 0 Å². The zero-order valence-electron chi connectivity index (χ0n) is 15.2. The lowest BCUT2D eigenvalue weighted by atomic mass is 9.96.